The van der Waals surface area contributed by atoms with Gasteiger partial charge in [0.2, 0.25) is 5.43 Å². The minimum Gasteiger partial charge on any atom is -0.497 e. The molecule has 2 aromatic carbocycles. The van der Waals surface area contributed by atoms with Crippen molar-refractivity contribution in [3.8, 4) is 23.1 Å². The number of H-pyrrole nitrogens is 1. The van der Waals surface area contributed by atoms with Gasteiger partial charge in [-0.3, -0.25) is 9.89 Å². The second kappa shape index (κ2) is 5.10. The molecule has 0 aliphatic carbocycles. The standard InChI is InChI=1S/C16H11N3O2/c1-21-12-5-3-11(4-6-12)15-16(20)13-8-10(9-17)2-7-14(13)18-19-15/h2-8H,1H3,(H,18,20). The van der Waals surface area contributed by atoms with Crippen molar-refractivity contribution in [1.29, 1.82) is 5.26 Å². The Kier molecular flexibility index (Phi) is 3.13. The number of aromatic amines is 1. The lowest BCUT2D eigenvalue weighted by Gasteiger charge is -2.04. The van der Waals surface area contributed by atoms with E-state index in [2.05, 4.69) is 10.2 Å². The number of benzene rings is 2. The molecule has 0 saturated carbocycles. The fraction of sp³-hybridized carbons (Fsp3) is 0.0625. The van der Waals surface area contributed by atoms with Gasteiger partial charge < -0.3 is 4.74 Å². The summed E-state index contributed by atoms with van der Waals surface area (Å²) in [5.41, 5.74) is 1.86. The first-order valence-electron chi connectivity index (χ1n) is 6.30. The van der Waals surface area contributed by atoms with Gasteiger partial charge in [0.1, 0.15) is 11.4 Å². The van der Waals surface area contributed by atoms with Crippen molar-refractivity contribution < 1.29 is 4.74 Å². The average Bonchev–Trinajstić information content (AvgIpc) is 2.55. The maximum absolute atomic E-state index is 12.5. The van der Waals surface area contributed by atoms with Gasteiger partial charge in [-0.25, -0.2) is 0 Å². The summed E-state index contributed by atoms with van der Waals surface area (Å²) in [5, 5.41) is 16.4. The molecular weight excluding hydrogens is 266 g/mol. The molecule has 0 saturated heterocycles. The predicted molar refractivity (Wildman–Crippen MR) is 79.1 cm³/mol. The number of methoxy groups -OCH3 is 1. The molecule has 0 unspecified atom stereocenters. The van der Waals surface area contributed by atoms with Crippen LogP contribution >= 0.6 is 0 Å². The Morgan fingerprint density at radius 2 is 1.95 bits per heavy atom. The van der Waals surface area contributed by atoms with E-state index in [9.17, 15) is 4.79 Å². The van der Waals surface area contributed by atoms with Crippen molar-refractivity contribution in [2.24, 2.45) is 0 Å². The van der Waals surface area contributed by atoms with Gasteiger partial charge in [-0.1, -0.05) is 0 Å². The lowest BCUT2D eigenvalue weighted by atomic mass is 10.1. The molecule has 102 valence electrons. The summed E-state index contributed by atoms with van der Waals surface area (Å²) in [6, 6.07) is 14.0. The van der Waals surface area contributed by atoms with Gasteiger partial charge in [0.05, 0.1) is 29.6 Å². The molecule has 3 aromatic rings. The molecule has 0 spiro atoms. The monoisotopic (exact) mass is 277 g/mol. The van der Waals surface area contributed by atoms with Crippen molar-refractivity contribution in [2.75, 3.05) is 7.11 Å². The van der Waals surface area contributed by atoms with Crippen LogP contribution in [0.1, 0.15) is 5.56 Å². The third-order valence-electron chi connectivity index (χ3n) is 3.26. The Morgan fingerprint density at radius 1 is 1.19 bits per heavy atom. The van der Waals surface area contributed by atoms with E-state index in [0.717, 1.165) is 0 Å². The minimum atomic E-state index is -0.203. The molecule has 0 bridgehead atoms. The second-order valence-corrected chi connectivity index (χ2v) is 4.50. The number of nitriles is 1. The van der Waals surface area contributed by atoms with Crippen LogP contribution in [-0.4, -0.2) is 17.3 Å². The Hall–Kier alpha value is -3.13. The number of fused-ring (bicyclic) bond motifs is 1. The first-order chi connectivity index (χ1) is 10.2. The van der Waals surface area contributed by atoms with E-state index in [-0.39, 0.29) is 5.43 Å². The van der Waals surface area contributed by atoms with Crippen molar-refractivity contribution >= 4 is 10.9 Å². The molecule has 3 rings (SSSR count). The van der Waals surface area contributed by atoms with Crippen molar-refractivity contribution in [3.05, 3.63) is 58.3 Å². The normalized spacial score (nSPS) is 10.3. The van der Waals surface area contributed by atoms with Crippen LogP contribution in [0.2, 0.25) is 0 Å². The number of nitrogens with one attached hydrogen (secondary N) is 1. The number of aromatic nitrogens is 2. The van der Waals surface area contributed by atoms with Crippen LogP contribution in [0, 0.1) is 11.3 Å². The van der Waals surface area contributed by atoms with E-state index in [0.29, 0.717) is 33.5 Å². The van der Waals surface area contributed by atoms with Gasteiger partial charge >= 0.3 is 0 Å². The lowest BCUT2D eigenvalue weighted by Crippen LogP contribution is -2.09. The fourth-order valence-corrected chi connectivity index (χ4v) is 2.14. The van der Waals surface area contributed by atoms with E-state index in [1.54, 1.807) is 49.6 Å². The van der Waals surface area contributed by atoms with Gasteiger partial charge in [-0.2, -0.15) is 10.4 Å². The van der Waals surface area contributed by atoms with Gasteiger partial charge in [0.15, 0.2) is 0 Å². The van der Waals surface area contributed by atoms with Gasteiger partial charge in [0, 0.05) is 5.56 Å². The highest BCUT2D eigenvalue weighted by Crippen LogP contribution is 2.19. The second-order valence-electron chi connectivity index (χ2n) is 4.50. The number of hydrogen-bond acceptors (Lipinski definition) is 4. The molecule has 0 radical (unpaired) electrons. The van der Waals surface area contributed by atoms with E-state index >= 15 is 0 Å². The molecule has 5 heteroatoms. The average molecular weight is 277 g/mol. The minimum absolute atomic E-state index is 0.203. The molecule has 0 fully saturated rings. The third kappa shape index (κ3) is 2.23. The quantitative estimate of drug-likeness (QED) is 0.780. The number of rotatable bonds is 2. The Morgan fingerprint density at radius 3 is 2.62 bits per heavy atom. The Balaban J connectivity index is 2.21. The zero-order valence-corrected chi connectivity index (χ0v) is 11.3. The van der Waals surface area contributed by atoms with E-state index in [1.165, 1.54) is 0 Å². The maximum Gasteiger partial charge on any atom is 0.215 e. The smallest absolute Gasteiger partial charge is 0.215 e. The highest BCUT2D eigenvalue weighted by Gasteiger charge is 2.10. The zero-order chi connectivity index (χ0) is 14.8. The van der Waals surface area contributed by atoms with Crippen molar-refractivity contribution in [1.82, 2.24) is 10.2 Å². The molecular formula is C16H11N3O2. The molecule has 0 aliphatic heterocycles. The van der Waals surface area contributed by atoms with E-state index in [1.807, 2.05) is 6.07 Å². The predicted octanol–water partition coefficient (Wildman–Crippen LogP) is 2.47. The molecule has 21 heavy (non-hydrogen) atoms. The lowest BCUT2D eigenvalue weighted by molar-refractivity contribution is 0.415. The van der Waals surface area contributed by atoms with Crippen LogP contribution in [0.25, 0.3) is 22.2 Å². The first-order valence-corrected chi connectivity index (χ1v) is 6.30. The molecule has 1 aromatic heterocycles. The van der Waals surface area contributed by atoms with E-state index < -0.39 is 0 Å². The van der Waals surface area contributed by atoms with Crippen molar-refractivity contribution in [3.63, 3.8) is 0 Å². The van der Waals surface area contributed by atoms with Gasteiger partial charge in [0.25, 0.3) is 0 Å². The number of ether oxygens (including phenoxy) is 1. The molecule has 5 nitrogen and oxygen atoms in total. The summed E-state index contributed by atoms with van der Waals surface area (Å²) in [6.07, 6.45) is 0. The Labute approximate surface area is 120 Å². The van der Waals surface area contributed by atoms with Crippen LogP contribution in [0.15, 0.2) is 47.3 Å². The summed E-state index contributed by atoms with van der Waals surface area (Å²) < 4.78 is 5.09. The van der Waals surface area contributed by atoms with Crippen LogP contribution < -0.4 is 10.2 Å². The maximum atomic E-state index is 12.5. The highest BCUT2D eigenvalue weighted by atomic mass is 16.5. The molecule has 1 N–H and O–H groups in total. The topological polar surface area (TPSA) is 78.8 Å². The number of hydrogen-bond donors (Lipinski definition) is 1. The van der Waals surface area contributed by atoms with Crippen LogP contribution in [0.3, 0.4) is 0 Å². The Bertz CT molecular complexity index is 905. The van der Waals surface area contributed by atoms with E-state index in [4.69, 9.17) is 10.00 Å². The number of nitrogens with zero attached hydrogens (tertiary/aromatic N) is 2. The summed E-state index contributed by atoms with van der Waals surface area (Å²) >= 11 is 0. The summed E-state index contributed by atoms with van der Waals surface area (Å²) in [7, 11) is 1.58. The molecule has 0 aliphatic rings. The van der Waals surface area contributed by atoms with Gasteiger partial charge in [-0.05, 0) is 42.5 Å². The van der Waals surface area contributed by atoms with Gasteiger partial charge in [-0.15, -0.1) is 0 Å². The summed E-state index contributed by atoms with van der Waals surface area (Å²) in [6.45, 7) is 0. The fourth-order valence-electron chi connectivity index (χ4n) is 2.14. The molecule has 0 amide bonds. The highest BCUT2D eigenvalue weighted by molar-refractivity contribution is 5.82. The van der Waals surface area contributed by atoms with Crippen molar-refractivity contribution in [2.45, 2.75) is 0 Å². The SMILES string of the molecule is COc1ccc(-c2n[nH]c3ccc(C#N)cc3c2=O)cc1. The third-order valence-corrected chi connectivity index (χ3v) is 3.26. The van der Waals surface area contributed by atoms with Crippen LogP contribution in [-0.2, 0) is 0 Å². The van der Waals surface area contributed by atoms with Crippen LogP contribution in [0.4, 0.5) is 0 Å². The summed E-state index contributed by atoms with van der Waals surface area (Å²) in [4.78, 5) is 12.5. The largest absolute Gasteiger partial charge is 0.497 e. The summed E-state index contributed by atoms with van der Waals surface area (Å²) in [5.74, 6) is 0.711. The molecule has 0 atom stereocenters. The molecule has 1 heterocycles. The first kappa shape index (κ1) is 12.9. The van der Waals surface area contributed by atoms with Crippen LogP contribution in [0.5, 0.6) is 5.75 Å². The zero-order valence-electron chi connectivity index (χ0n) is 11.3.